The van der Waals surface area contributed by atoms with E-state index >= 15 is 0 Å². The maximum absolute atomic E-state index is 13.8. The maximum Gasteiger partial charge on any atom is 0.146 e. The van der Waals surface area contributed by atoms with Gasteiger partial charge in [-0.3, -0.25) is 0 Å². The Morgan fingerprint density at radius 3 is 2.44 bits per heavy atom. The molecule has 0 bridgehead atoms. The minimum Gasteiger partial charge on any atom is -0.392 e. The van der Waals surface area contributed by atoms with Gasteiger partial charge in [0.15, 0.2) is 0 Å². The number of anilines is 1. The van der Waals surface area contributed by atoms with Crippen LogP contribution in [0.3, 0.4) is 0 Å². The van der Waals surface area contributed by atoms with E-state index in [4.69, 9.17) is 0 Å². The van der Waals surface area contributed by atoms with Gasteiger partial charge in [-0.2, -0.15) is 0 Å². The lowest BCUT2D eigenvalue weighted by atomic mass is 10.1. The molecule has 16 heavy (non-hydrogen) atoms. The average molecular weight is 225 g/mol. The predicted molar refractivity (Wildman–Crippen MR) is 65.1 cm³/mol. The van der Waals surface area contributed by atoms with Crippen molar-refractivity contribution in [2.75, 3.05) is 11.9 Å². The number of para-hydroxylation sites is 1. The summed E-state index contributed by atoms with van der Waals surface area (Å²) >= 11 is 0. The van der Waals surface area contributed by atoms with E-state index in [2.05, 4.69) is 13.8 Å². The molecule has 0 aromatic heterocycles. The topological polar surface area (TPSA) is 23.5 Å². The third kappa shape index (κ3) is 2.53. The van der Waals surface area contributed by atoms with Gasteiger partial charge in [0, 0.05) is 18.7 Å². The number of hydrogen-bond donors (Lipinski definition) is 1. The monoisotopic (exact) mass is 225 g/mol. The molecule has 0 spiro atoms. The Labute approximate surface area is 96.7 Å². The first-order chi connectivity index (χ1) is 7.65. The first kappa shape index (κ1) is 13.0. The summed E-state index contributed by atoms with van der Waals surface area (Å²) in [5.41, 5.74) is 1.17. The van der Waals surface area contributed by atoms with Gasteiger partial charge in [-0.1, -0.05) is 26.0 Å². The summed E-state index contributed by atoms with van der Waals surface area (Å²) in [4.78, 5) is 1.93. The number of nitrogens with zero attached hydrogens (tertiary/aromatic N) is 1. The van der Waals surface area contributed by atoms with Gasteiger partial charge in [-0.05, 0) is 18.9 Å². The molecule has 1 rings (SSSR count). The van der Waals surface area contributed by atoms with Gasteiger partial charge < -0.3 is 10.0 Å². The molecule has 0 aliphatic rings. The molecule has 1 aromatic carbocycles. The highest BCUT2D eigenvalue weighted by molar-refractivity contribution is 5.54. The Morgan fingerprint density at radius 1 is 1.31 bits per heavy atom. The maximum atomic E-state index is 13.8. The van der Waals surface area contributed by atoms with E-state index in [1.54, 1.807) is 12.1 Å². The molecule has 1 N–H and O–H groups in total. The van der Waals surface area contributed by atoms with Crippen molar-refractivity contribution in [3.05, 3.63) is 29.6 Å². The zero-order valence-corrected chi connectivity index (χ0v) is 10.2. The van der Waals surface area contributed by atoms with Gasteiger partial charge in [-0.25, -0.2) is 4.39 Å². The lowest BCUT2D eigenvalue weighted by Crippen LogP contribution is -2.31. The highest BCUT2D eigenvalue weighted by Crippen LogP contribution is 2.26. The Kier molecular flexibility index (Phi) is 4.74. The van der Waals surface area contributed by atoms with Crippen LogP contribution in [0.25, 0.3) is 0 Å². The Bertz CT molecular complexity index is 337. The van der Waals surface area contributed by atoms with Gasteiger partial charge in [0.25, 0.3) is 0 Å². The molecule has 0 fully saturated rings. The van der Waals surface area contributed by atoms with Crippen molar-refractivity contribution >= 4 is 5.69 Å². The molecular formula is C13H20FNO. The summed E-state index contributed by atoms with van der Waals surface area (Å²) < 4.78 is 13.8. The fraction of sp³-hybridized carbons (Fsp3) is 0.538. The summed E-state index contributed by atoms with van der Waals surface area (Å²) in [5.74, 6) is -0.263. The van der Waals surface area contributed by atoms with Gasteiger partial charge >= 0.3 is 0 Å². The predicted octanol–water partition coefficient (Wildman–Crippen LogP) is 2.94. The molecule has 0 saturated carbocycles. The van der Waals surface area contributed by atoms with E-state index in [0.717, 1.165) is 12.8 Å². The number of hydrogen-bond acceptors (Lipinski definition) is 2. The largest absolute Gasteiger partial charge is 0.392 e. The number of halogens is 1. The normalized spacial score (nSPS) is 10.9. The minimum absolute atomic E-state index is 0.127. The number of rotatable bonds is 5. The number of benzene rings is 1. The minimum atomic E-state index is -0.263. The lowest BCUT2D eigenvalue weighted by molar-refractivity contribution is 0.281. The van der Waals surface area contributed by atoms with Gasteiger partial charge in [0.2, 0.25) is 0 Å². The van der Waals surface area contributed by atoms with Crippen LogP contribution in [-0.2, 0) is 6.61 Å². The molecule has 0 unspecified atom stereocenters. The van der Waals surface area contributed by atoms with Crippen molar-refractivity contribution in [2.24, 2.45) is 0 Å². The molecule has 2 nitrogen and oxygen atoms in total. The smallest absolute Gasteiger partial charge is 0.146 e. The van der Waals surface area contributed by atoms with Crippen LogP contribution in [0.2, 0.25) is 0 Å². The molecule has 0 saturated heterocycles. The molecule has 0 heterocycles. The van der Waals surface area contributed by atoms with Crippen LogP contribution in [0, 0.1) is 5.82 Å². The fourth-order valence-electron chi connectivity index (χ4n) is 2.10. The second-order valence-electron chi connectivity index (χ2n) is 3.99. The van der Waals surface area contributed by atoms with Crippen LogP contribution in [0.5, 0.6) is 0 Å². The summed E-state index contributed by atoms with van der Waals surface area (Å²) in [7, 11) is 1.88. The van der Waals surface area contributed by atoms with Crippen molar-refractivity contribution in [1.82, 2.24) is 0 Å². The summed E-state index contributed by atoms with van der Waals surface area (Å²) in [6.07, 6.45) is 1.93. The molecule has 0 radical (unpaired) electrons. The van der Waals surface area contributed by atoms with E-state index in [1.165, 1.54) is 6.07 Å². The highest BCUT2D eigenvalue weighted by Gasteiger charge is 2.17. The molecule has 3 heteroatoms. The van der Waals surface area contributed by atoms with Gasteiger partial charge in [-0.15, -0.1) is 0 Å². The van der Waals surface area contributed by atoms with E-state index in [9.17, 15) is 9.50 Å². The van der Waals surface area contributed by atoms with Crippen molar-refractivity contribution in [3.63, 3.8) is 0 Å². The molecule has 90 valence electrons. The molecule has 0 aliphatic carbocycles. The molecule has 1 aromatic rings. The fourth-order valence-corrected chi connectivity index (χ4v) is 2.10. The van der Waals surface area contributed by atoms with Gasteiger partial charge in [0.1, 0.15) is 5.82 Å². The third-order valence-electron chi connectivity index (χ3n) is 3.08. The van der Waals surface area contributed by atoms with Crippen molar-refractivity contribution in [2.45, 2.75) is 39.3 Å². The van der Waals surface area contributed by atoms with E-state index in [0.29, 0.717) is 17.3 Å². The van der Waals surface area contributed by atoms with E-state index in [-0.39, 0.29) is 12.4 Å². The van der Waals surface area contributed by atoms with Gasteiger partial charge in [0.05, 0.1) is 12.3 Å². The summed E-state index contributed by atoms with van der Waals surface area (Å²) in [6.45, 7) is 4.05. The highest BCUT2D eigenvalue weighted by atomic mass is 19.1. The first-order valence-electron chi connectivity index (χ1n) is 5.76. The third-order valence-corrected chi connectivity index (χ3v) is 3.08. The average Bonchev–Trinajstić information content (AvgIpc) is 2.29. The number of aliphatic hydroxyl groups is 1. The standard InChI is InChI=1S/C13H20FNO/c1-4-11(5-2)15(3)13-10(9-16)7-6-8-12(13)14/h6-8,11,16H,4-5,9H2,1-3H3. The van der Waals surface area contributed by atoms with Crippen LogP contribution in [0.1, 0.15) is 32.3 Å². The van der Waals surface area contributed by atoms with Crippen molar-refractivity contribution in [3.8, 4) is 0 Å². The van der Waals surface area contributed by atoms with Crippen molar-refractivity contribution < 1.29 is 9.50 Å². The zero-order valence-electron chi connectivity index (χ0n) is 10.2. The van der Waals surface area contributed by atoms with Crippen LogP contribution in [0.4, 0.5) is 10.1 Å². The summed E-state index contributed by atoms with van der Waals surface area (Å²) in [5, 5.41) is 9.23. The van der Waals surface area contributed by atoms with Crippen LogP contribution >= 0.6 is 0 Å². The molecular weight excluding hydrogens is 205 g/mol. The Balaban J connectivity index is 3.10. The summed E-state index contributed by atoms with van der Waals surface area (Å²) in [6, 6.07) is 5.14. The Hall–Kier alpha value is -1.09. The second kappa shape index (κ2) is 5.85. The molecule has 0 amide bonds. The zero-order chi connectivity index (χ0) is 12.1. The van der Waals surface area contributed by atoms with E-state index < -0.39 is 0 Å². The van der Waals surface area contributed by atoms with Crippen LogP contribution < -0.4 is 4.90 Å². The molecule has 0 aliphatic heterocycles. The lowest BCUT2D eigenvalue weighted by Gasteiger charge is -2.30. The number of aliphatic hydroxyl groups excluding tert-OH is 1. The SMILES string of the molecule is CCC(CC)N(C)c1c(F)cccc1CO. The van der Waals surface area contributed by atoms with Crippen LogP contribution in [0.15, 0.2) is 18.2 Å². The second-order valence-corrected chi connectivity index (χ2v) is 3.99. The quantitative estimate of drug-likeness (QED) is 0.832. The van der Waals surface area contributed by atoms with E-state index in [1.807, 2.05) is 11.9 Å². The Morgan fingerprint density at radius 2 is 1.94 bits per heavy atom. The first-order valence-corrected chi connectivity index (χ1v) is 5.76. The van der Waals surface area contributed by atoms with Crippen LogP contribution in [-0.4, -0.2) is 18.2 Å². The van der Waals surface area contributed by atoms with Crippen molar-refractivity contribution in [1.29, 1.82) is 0 Å². The molecule has 0 atom stereocenters.